The third-order valence-electron chi connectivity index (χ3n) is 3.83. The molecule has 5 nitrogen and oxygen atoms in total. The number of anilines is 1. The quantitative estimate of drug-likeness (QED) is 0.781. The molecule has 0 aliphatic rings. The summed E-state index contributed by atoms with van der Waals surface area (Å²) in [5.74, 6) is 0.615. The molecule has 0 saturated heterocycles. The lowest BCUT2D eigenvalue weighted by molar-refractivity contribution is -0.120. The topological polar surface area (TPSA) is 61.8 Å². The van der Waals surface area contributed by atoms with Crippen molar-refractivity contribution in [2.45, 2.75) is 13.0 Å². The maximum Gasteiger partial charge on any atom is 0.239 e. The van der Waals surface area contributed by atoms with Gasteiger partial charge in [-0.05, 0) is 36.8 Å². The van der Waals surface area contributed by atoms with Crippen LogP contribution in [-0.4, -0.2) is 37.8 Å². The average Bonchev–Trinajstić information content (AvgIpc) is 2.65. The molecular weight excluding hydrogens is 304 g/mol. The Kier molecular flexibility index (Phi) is 6.63. The minimum atomic E-state index is -0.744. The summed E-state index contributed by atoms with van der Waals surface area (Å²) >= 11 is 0. The molecule has 0 saturated carbocycles. The summed E-state index contributed by atoms with van der Waals surface area (Å²) in [6, 6.07) is 16.9. The predicted molar refractivity (Wildman–Crippen MR) is 95.3 cm³/mol. The molecule has 2 rings (SSSR count). The number of methoxy groups -OCH3 is 1. The summed E-state index contributed by atoms with van der Waals surface area (Å²) < 4.78 is 5.09. The Bertz CT molecular complexity index is 629. The molecule has 0 fully saturated rings. The van der Waals surface area contributed by atoms with Crippen molar-refractivity contribution in [2.75, 3.05) is 31.6 Å². The number of rotatable bonds is 8. The van der Waals surface area contributed by atoms with E-state index < -0.39 is 6.10 Å². The fourth-order valence-electron chi connectivity index (χ4n) is 2.41. The highest BCUT2D eigenvalue weighted by Crippen LogP contribution is 2.17. The predicted octanol–water partition coefficient (Wildman–Crippen LogP) is 2.37. The number of ether oxygens (including phenoxy) is 1. The molecule has 0 heterocycles. The second kappa shape index (κ2) is 8.93. The molecule has 1 unspecified atom stereocenters. The zero-order chi connectivity index (χ0) is 17.4. The third kappa shape index (κ3) is 4.99. The van der Waals surface area contributed by atoms with E-state index in [9.17, 15) is 9.90 Å². The van der Waals surface area contributed by atoms with Crippen molar-refractivity contribution in [1.29, 1.82) is 0 Å². The summed E-state index contributed by atoms with van der Waals surface area (Å²) in [6.45, 7) is 3.18. The van der Waals surface area contributed by atoms with Gasteiger partial charge in [-0.1, -0.05) is 30.3 Å². The second-order valence-corrected chi connectivity index (χ2v) is 5.44. The largest absolute Gasteiger partial charge is 0.497 e. The molecule has 24 heavy (non-hydrogen) atoms. The average molecular weight is 328 g/mol. The monoisotopic (exact) mass is 328 g/mol. The van der Waals surface area contributed by atoms with Crippen molar-refractivity contribution in [3.63, 3.8) is 0 Å². The molecule has 2 aromatic carbocycles. The van der Waals surface area contributed by atoms with Crippen molar-refractivity contribution in [1.82, 2.24) is 5.32 Å². The molecule has 0 aliphatic carbocycles. The summed E-state index contributed by atoms with van der Waals surface area (Å²) in [4.78, 5) is 14.1. The Morgan fingerprint density at radius 2 is 1.83 bits per heavy atom. The molecule has 1 atom stereocenters. The SMILES string of the molecule is CCN(CC(=O)NCC(O)c1ccc(OC)cc1)c1ccccc1. The smallest absolute Gasteiger partial charge is 0.239 e. The highest BCUT2D eigenvalue weighted by molar-refractivity contribution is 5.81. The first kappa shape index (κ1) is 17.8. The van der Waals surface area contributed by atoms with E-state index in [0.29, 0.717) is 0 Å². The maximum atomic E-state index is 12.1. The zero-order valence-electron chi connectivity index (χ0n) is 14.1. The van der Waals surface area contributed by atoms with Crippen LogP contribution < -0.4 is 15.0 Å². The lowest BCUT2D eigenvalue weighted by Gasteiger charge is -2.22. The zero-order valence-corrected chi connectivity index (χ0v) is 14.1. The highest BCUT2D eigenvalue weighted by Gasteiger charge is 2.12. The number of carbonyl (C=O) groups is 1. The van der Waals surface area contributed by atoms with Crippen molar-refractivity contribution < 1.29 is 14.6 Å². The number of aliphatic hydroxyl groups excluding tert-OH is 1. The van der Waals surface area contributed by atoms with E-state index in [0.717, 1.165) is 23.5 Å². The number of nitrogens with one attached hydrogen (secondary N) is 1. The van der Waals surface area contributed by atoms with Crippen LogP contribution in [0, 0.1) is 0 Å². The van der Waals surface area contributed by atoms with E-state index in [1.54, 1.807) is 31.4 Å². The van der Waals surface area contributed by atoms with Gasteiger partial charge in [0.25, 0.3) is 0 Å². The van der Waals surface area contributed by atoms with Crippen LogP contribution in [0.4, 0.5) is 5.69 Å². The van der Waals surface area contributed by atoms with E-state index >= 15 is 0 Å². The summed E-state index contributed by atoms with van der Waals surface area (Å²) in [5, 5.41) is 13.0. The van der Waals surface area contributed by atoms with Gasteiger partial charge in [0, 0.05) is 18.8 Å². The molecule has 5 heteroatoms. The number of hydrogen-bond donors (Lipinski definition) is 2. The number of para-hydroxylation sites is 1. The van der Waals surface area contributed by atoms with Crippen LogP contribution in [0.3, 0.4) is 0 Å². The summed E-state index contributed by atoms with van der Waals surface area (Å²) in [6.07, 6.45) is -0.744. The van der Waals surface area contributed by atoms with E-state index in [4.69, 9.17) is 4.74 Å². The van der Waals surface area contributed by atoms with Gasteiger partial charge in [-0.3, -0.25) is 4.79 Å². The fraction of sp³-hybridized carbons (Fsp3) is 0.316. The van der Waals surface area contributed by atoms with Crippen LogP contribution in [-0.2, 0) is 4.79 Å². The fourth-order valence-corrected chi connectivity index (χ4v) is 2.41. The van der Waals surface area contributed by atoms with Crippen LogP contribution >= 0.6 is 0 Å². The van der Waals surface area contributed by atoms with Gasteiger partial charge < -0.3 is 20.1 Å². The van der Waals surface area contributed by atoms with Gasteiger partial charge in [0.15, 0.2) is 0 Å². The molecule has 0 spiro atoms. The van der Waals surface area contributed by atoms with E-state index in [1.807, 2.05) is 42.2 Å². The first-order valence-electron chi connectivity index (χ1n) is 8.02. The maximum absolute atomic E-state index is 12.1. The number of aliphatic hydroxyl groups is 1. The van der Waals surface area contributed by atoms with Crippen LogP contribution in [0.25, 0.3) is 0 Å². The molecule has 2 N–H and O–H groups in total. The molecule has 128 valence electrons. The van der Waals surface area contributed by atoms with Crippen LogP contribution in [0.5, 0.6) is 5.75 Å². The van der Waals surface area contributed by atoms with Crippen LogP contribution in [0.15, 0.2) is 54.6 Å². The van der Waals surface area contributed by atoms with Crippen LogP contribution in [0.2, 0.25) is 0 Å². The number of amides is 1. The van der Waals surface area contributed by atoms with Gasteiger partial charge in [-0.15, -0.1) is 0 Å². The minimum Gasteiger partial charge on any atom is -0.497 e. The van der Waals surface area contributed by atoms with Gasteiger partial charge in [-0.25, -0.2) is 0 Å². The Balaban J connectivity index is 1.85. The Hall–Kier alpha value is -2.53. The second-order valence-electron chi connectivity index (χ2n) is 5.44. The number of hydrogen-bond acceptors (Lipinski definition) is 4. The van der Waals surface area contributed by atoms with E-state index in [1.165, 1.54) is 0 Å². The Labute approximate surface area is 142 Å². The minimum absolute atomic E-state index is 0.117. The van der Waals surface area contributed by atoms with Gasteiger partial charge >= 0.3 is 0 Å². The molecule has 1 amide bonds. The first-order valence-corrected chi connectivity index (χ1v) is 8.02. The Morgan fingerprint density at radius 3 is 2.42 bits per heavy atom. The van der Waals surface area contributed by atoms with Crippen molar-refractivity contribution >= 4 is 11.6 Å². The molecule has 0 bridgehead atoms. The number of nitrogens with zero attached hydrogens (tertiary/aromatic N) is 1. The van der Waals surface area contributed by atoms with E-state index in [2.05, 4.69) is 5.32 Å². The van der Waals surface area contributed by atoms with Crippen molar-refractivity contribution in [2.24, 2.45) is 0 Å². The third-order valence-corrected chi connectivity index (χ3v) is 3.83. The first-order chi connectivity index (χ1) is 11.6. The molecule has 0 aliphatic heterocycles. The summed E-state index contributed by atoms with van der Waals surface area (Å²) in [7, 11) is 1.60. The molecule has 0 aromatic heterocycles. The van der Waals surface area contributed by atoms with Gasteiger partial charge in [-0.2, -0.15) is 0 Å². The molecule has 2 aromatic rings. The lowest BCUT2D eigenvalue weighted by atomic mass is 10.1. The number of carbonyl (C=O) groups excluding carboxylic acids is 1. The van der Waals surface area contributed by atoms with Crippen molar-refractivity contribution in [3.05, 3.63) is 60.2 Å². The number of benzene rings is 2. The van der Waals surface area contributed by atoms with Crippen LogP contribution in [0.1, 0.15) is 18.6 Å². The normalized spacial score (nSPS) is 11.6. The summed E-state index contributed by atoms with van der Waals surface area (Å²) in [5.41, 5.74) is 1.75. The highest BCUT2D eigenvalue weighted by atomic mass is 16.5. The molecular formula is C19H24N2O3. The van der Waals surface area contributed by atoms with Crippen molar-refractivity contribution in [3.8, 4) is 5.75 Å². The lowest BCUT2D eigenvalue weighted by Crippen LogP contribution is -2.38. The number of likely N-dealkylation sites (N-methyl/N-ethyl adjacent to an activating group) is 1. The van der Waals surface area contributed by atoms with Gasteiger partial charge in [0.2, 0.25) is 5.91 Å². The van der Waals surface area contributed by atoms with Gasteiger partial charge in [0.1, 0.15) is 5.75 Å². The standard InChI is InChI=1S/C19H24N2O3/c1-3-21(16-7-5-4-6-8-16)14-19(23)20-13-18(22)15-9-11-17(24-2)12-10-15/h4-12,18,22H,3,13-14H2,1-2H3,(H,20,23). The molecule has 0 radical (unpaired) electrons. The Morgan fingerprint density at radius 1 is 1.17 bits per heavy atom. The van der Waals surface area contributed by atoms with Gasteiger partial charge in [0.05, 0.1) is 19.8 Å². The van der Waals surface area contributed by atoms with E-state index in [-0.39, 0.29) is 19.0 Å².